The lowest BCUT2D eigenvalue weighted by Gasteiger charge is -2.32. The average Bonchev–Trinajstić information content (AvgIpc) is 1.38. The SMILES string of the molecule is CC[C@@H](C)[C@@H](NC(=O)[C@@H](CCCNC(=N)N)NC(=O)[C@H](CCCNC(=N)N)NC(=O)[C@@H](NC(=O)[C@@H](Cc1ccccc1)NC)[C@@H](C)CC)C(=O)N[C@H](C(=O)N[C@@H](CO)C(=O)N[C@H]1C(=O)N[C@@H](CCCNC(=N)N)C(=O)N[C@@H](CC(C)C)C(=O)N[C@@H]([C@@H](C)CC)C(=O)O[C@H]1C)[C@@H](C)CC. The largest absolute Gasteiger partial charge is 0.458 e. The smallest absolute Gasteiger partial charge is 0.329 e. The minimum absolute atomic E-state index is 0.0455. The van der Waals surface area contributed by atoms with Crippen molar-refractivity contribution in [1.82, 2.24) is 74.4 Å². The van der Waals surface area contributed by atoms with Crippen LogP contribution in [0.3, 0.4) is 0 Å². The fourth-order valence-corrected chi connectivity index (χ4v) is 10.6. The van der Waals surface area contributed by atoms with Crippen LogP contribution < -0.4 is 91.6 Å². The summed E-state index contributed by atoms with van der Waals surface area (Å²) in [7, 11) is 1.62. The summed E-state index contributed by atoms with van der Waals surface area (Å²) >= 11 is 0. The summed E-state index contributed by atoms with van der Waals surface area (Å²) in [5, 5.41) is 71.4. The molecule has 33 nitrogen and oxygen atoms in total. The summed E-state index contributed by atoms with van der Waals surface area (Å²) < 4.78 is 5.82. The molecule has 98 heavy (non-hydrogen) atoms. The molecule has 0 aromatic heterocycles. The van der Waals surface area contributed by atoms with Crippen LogP contribution in [0.1, 0.15) is 152 Å². The molecule has 1 aliphatic heterocycles. The molecule has 1 heterocycles. The lowest BCUT2D eigenvalue weighted by atomic mass is 9.94. The number of cyclic esters (lactones) is 1. The fourth-order valence-electron chi connectivity index (χ4n) is 10.6. The van der Waals surface area contributed by atoms with Crippen molar-refractivity contribution >= 4 is 82.9 Å². The van der Waals surface area contributed by atoms with E-state index in [0.29, 0.717) is 25.7 Å². The molecule has 0 spiro atoms. The van der Waals surface area contributed by atoms with Gasteiger partial charge in [-0.3, -0.25) is 64.2 Å². The van der Waals surface area contributed by atoms with Crippen LogP contribution in [-0.2, 0) is 63.9 Å². The Hall–Kier alpha value is -8.88. The normalized spacial score (nSPS) is 20.0. The second-order valence-corrected chi connectivity index (χ2v) is 25.7. The summed E-state index contributed by atoms with van der Waals surface area (Å²) in [4.78, 5) is 158. The van der Waals surface area contributed by atoms with E-state index in [1.54, 1.807) is 55.5 Å². The highest BCUT2D eigenvalue weighted by Crippen LogP contribution is 2.19. The van der Waals surface area contributed by atoms with Crippen molar-refractivity contribution in [2.24, 2.45) is 46.8 Å². The number of carbonyl (C=O) groups is 11. The summed E-state index contributed by atoms with van der Waals surface area (Å²) in [5.74, 6) is -12.7. The number of aliphatic hydroxyl groups is 1. The Morgan fingerprint density at radius 3 is 1.41 bits per heavy atom. The van der Waals surface area contributed by atoms with Crippen molar-refractivity contribution in [3.63, 3.8) is 0 Å². The zero-order chi connectivity index (χ0) is 73.9. The molecule has 1 aromatic carbocycles. The van der Waals surface area contributed by atoms with Crippen LogP contribution in [0.5, 0.6) is 0 Å². The van der Waals surface area contributed by atoms with Crippen LogP contribution in [0.15, 0.2) is 30.3 Å². The van der Waals surface area contributed by atoms with Crippen LogP contribution in [0.4, 0.5) is 0 Å². The Kier molecular flexibility index (Phi) is 38.4. The molecule has 1 fully saturated rings. The molecule has 1 saturated heterocycles. The number of guanidine groups is 3. The van der Waals surface area contributed by atoms with Gasteiger partial charge in [0, 0.05) is 19.6 Å². The molecule has 1 aromatic rings. The molecule has 16 atom stereocenters. The zero-order valence-corrected chi connectivity index (χ0v) is 59.1. The fraction of sp³-hybridized carbons (Fsp3) is 0.692. The Bertz CT molecular complexity index is 2820. The number of esters is 1. The number of benzene rings is 1. The van der Waals surface area contributed by atoms with E-state index < -0.39 is 168 Å². The summed E-state index contributed by atoms with van der Waals surface area (Å²) in [5.41, 5.74) is 17.4. The molecule has 0 bridgehead atoms. The maximum atomic E-state index is 14.7. The molecular formula is C65H114N20O13. The van der Waals surface area contributed by atoms with Gasteiger partial charge in [0.1, 0.15) is 66.5 Å². The topological polar surface area (TPSA) is 535 Å². The number of aliphatic hydroxyl groups excluding tert-OH is 1. The standard InChI is InChI=1S/C65H114N20O13/c1-13-35(7)47(82-55(90)44(72-12)32-40-23-18-17-19-24-40)58(93)77-41(25-20-28-73-63(66)67)52(87)76-43(27-22-30-75-65(70)71)54(89)81-49(37(9)15-3)60(95)83-48(36(8)14-2)59(94)80-46(33-86)57(92)85-51-39(11)98-62(97)50(38(10)16-4)84-56(91)45(31-34(5)6)79-53(88)42(78-61(51)96)26-21-29-74-64(68)69/h17-19,23-24,34-39,41-51,72,86H,13-16,20-22,25-33H2,1-12H3,(H,76,87)(H,77,93)(H,78,96)(H,79,88)(H,80,94)(H,81,89)(H,82,90)(H,83,95)(H,84,91)(H,85,92)(H4,66,67,73)(H4,68,69,74)(H4,70,71,75)/t35-,36-,37+,38-,39-,41-,42-,43+,44+,45-,46-,47-,48-,49+,50-,51+/m0/s1. The Morgan fingerprint density at radius 2 is 0.959 bits per heavy atom. The van der Waals surface area contributed by atoms with Gasteiger partial charge in [0.05, 0.1) is 12.6 Å². The maximum absolute atomic E-state index is 14.7. The molecule has 0 radical (unpaired) electrons. The number of hydrogen-bond donors (Lipinski definition) is 21. The van der Waals surface area contributed by atoms with Crippen LogP contribution in [0.2, 0.25) is 0 Å². The van der Waals surface area contributed by atoms with Crippen molar-refractivity contribution < 1.29 is 62.6 Å². The Morgan fingerprint density at radius 1 is 0.541 bits per heavy atom. The van der Waals surface area contributed by atoms with Crippen LogP contribution in [-0.4, -0.2) is 194 Å². The minimum atomic E-state index is -1.84. The van der Waals surface area contributed by atoms with Gasteiger partial charge in [-0.2, -0.15) is 0 Å². The van der Waals surface area contributed by atoms with Crippen LogP contribution in [0.25, 0.3) is 0 Å². The number of rotatable bonds is 40. The molecule has 1 aliphatic rings. The number of amides is 10. The second-order valence-electron chi connectivity index (χ2n) is 25.7. The highest BCUT2D eigenvalue weighted by atomic mass is 16.5. The van der Waals surface area contributed by atoms with Gasteiger partial charge in [0.25, 0.3) is 0 Å². The highest BCUT2D eigenvalue weighted by molar-refractivity contribution is 5.99. The lowest BCUT2D eigenvalue weighted by Crippen LogP contribution is -2.63. The number of ether oxygens (including phenoxy) is 1. The van der Waals surface area contributed by atoms with Gasteiger partial charge >= 0.3 is 5.97 Å². The first-order valence-electron chi connectivity index (χ1n) is 34.1. The van der Waals surface area contributed by atoms with E-state index in [4.69, 9.17) is 38.2 Å². The predicted molar refractivity (Wildman–Crippen MR) is 370 cm³/mol. The predicted octanol–water partition coefficient (Wildman–Crippen LogP) is -2.38. The molecule has 33 heteroatoms. The van der Waals surface area contributed by atoms with E-state index in [1.165, 1.54) is 6.92 Å². The highest BCUT2D eigenvalue weighted by Gasteiger charge is 2.42. The third kappa shape index (κ3) is 29.5. The Labute approximate surface area is 575 Å². The number of nitrogens with two attached hydrogens (primary N) is 3. The number of hydrogen-bond acceptors (Lipinski definition) is 17. The van der Waals surface area contributed by atoms with Crippen LogP contribution >= 0.6 is 0 Å². The first kappa shape index (κ1) is 85.2. The van der Waals surface area contributed by atoms with Crippen LogP contribution in [0, 0.1) is 45.8 Å². The molecule has 0 saturated carbocycles. The van der Waals surface area contributed by atoms with E-state index in [1.807, 2.05) is 51.1 Å². The van der Waals surface area contributed by atoms with Gasteiger partial charge in [0.2, 0.25) is 59.1 Å². The van der Waals surface area contributed by atoms with Gasteiger partial charge < -0.3 is 101 Å². The van der Waals surface area contributed by atoms with Crippen molar-refractivity contribution in [2.75, 3.05) is 33.3 Å². The maximum Gasteiger partial charge on any atom is 0.329 e. The molecule has 0 unspecified atom stereocenters. The quantitative estimate of drug-likeness (QED) is 0.0141. The summed E-state index contributed by atoms with van der Waals surface area (Å²) in [6, 6.07) is -5.62. The number of likely N-dealkylation sites (N-methyl/N-ethyl adjacent to an activating group) is 1. The van der Waals surface area contributed by atoms with E-state index >= 15 is 0 Å². The van der Waals surface area contributed by atoms with Gasteiger partial charge in [-0.15, -0.1) is 0 Å². The first-order valence-corrected chi connectivity index (χ1v) is 34.1. The monoisotopic (exact) mass is 1380 g/mol. The molecule has 2 rings (SSSR count). The van der Waals surface area contributed by atoms with Gasteiger partial charge in [-0.1, -0.05) is 125 Å². The Balaban J connectivity index is 2.59. The van der Waals surface area contributed by atoms with Crippen molar-refractivity contribution in [2.45, 2.75) is 226 Å². The average molecular weight is 1380 g/mol. The van der Waals surface area contributed by atoms with Gasteiger partial charge in [0.15, 0.2) is 17.9 Å². The molecular weight excluding hydrogens is 1270 g/mol. The summed E-state index contributed by atoms with van der Waals surface area (Å²) in [6.07, 6.45) is 0.580. The number of carbonyl (C=O) groups excluding carboxylic acids is 11. The van der Waals surface area contributed by atoms with Crippen molar-refractivity contribution in [3.8, 4) is 0 Å². The van der Waals surface area contributed by atoms with E-state index in [0.717, 1.165) is 5.56 Å². The van der Waals surface area contributed by atoms with Gasteiger partial charge in [-0.25, -0.2) is 4.79 Å². The third-order valence-electron chi connectivity index (χ3n) is 17.5. The molecule has 10 amide bonds. The van der Waals surface area contributed by atoms with Gasteiger partial charge in [-0.05, 0) is 100 Å². The zero-order valence-electron chi connectivity index (χ0n) is 59.1. The second kappa shape index (κ2) is 44.1. The van der Waals surface area contributed by atoms with E-state index in [9.17, 15) is 57.8 Å². The molecule has 552 valence electrons. The lowest BCUT2D eigenvalue weighted by molar-refractivity contribution is -0.157. The molecule has 0 aliphatic carbocycles. The third-order valence-corrected chi connectivity index (χ3v) is 17.5. The van der Waals surface area contributed by atoms with E-state index in [2.05, 4.69) is 74.4 Å². The van der Waals surface area contributed by atoms with E-state index in [-0.39, 0.29) is 94.8 Å². The first-order chi connectivity index (χ1) is 46.3. The number of nitrogens with one attached hydrogen (secondary N) is 17. The van der Waals surface area contributed by atoms with Crippen molar-refractivity contribution in [3.05, 3.63) is 35.9 Å². The minimum Gasteiger partial charge on any atom is -0.458 e. The molecule has 24 N–H and O–H groups in total. The van der Waals surface area contributed by atoms with Crippen molar-refractivity contribution in [1.29, 1.82) is 16.2 Å². The summed E-state index contributed by atoms with van der Waals surface area (Å²) in [6.45, 7) is 18.0.